The third-order valence-electron chi connectivity index (χ3n) is 4.74. The van der Waals surface area contributed by atoms with Gasteiger partial charge in [0, 0.05) is 10.2 Å². The summed E-state index contributed by atoms with van der Waals surface area (Å²) in [7, 11) is 0. The predicted octanol–water partition coefficient (Wildman–Crippen LogP) is 5.78. The van der Waals surface area contributed by atoms with Crippen LogP contribution >= 0.6 is 27.7 Å². The van der Waals surface area contributed by atoms with Gasteiger partial charge < -0.3 is 9.73 Å². The molecule has 158 valence electrons. The lowest BCUT2D eigenvalue weighted by Crippen LogP contribution is -2.23. The molecule has 4 rings (SSSR count). The molecular formula is C23H21BrN4O2S. The number of carbonyl (C=O) groups is 1. The van der Waals surface area contributed by atoms with Crippen molar-refractivity contribution in [1.82, 2.24) is 14.8 Å². The molecular weight excluding hydrogens is 476 g/mol. The van der Waals surface area contributed by atoms with Gasteiger partial charge >= 0.3 is 0 Å². The number of hydrogen-bond acceptors (Lipinski definition) is 5. The number of furan rings is 1. The zero-order chi connectivity index (χ0) is 21.8. The highest BCUT2D eigenvalue weighted by Crippen LogP contribution is 2.30. The van der Waals surface area contributed by atoms with Crippen LogP contribution in [0.1, 0.15) is 18.2 Å². The fourth-order valence-corrected chi connectivity index (χ4v) is 4.37. The number of nitrogens with zero attached hydrogens (tertiary/aromatic N) is 3. The van der Waals surface area contributed by atoms with Gasteiger partial charge in [-0.2, -0.15) is 0 Å². The molecule has 2 aromatic carbocycles. The highest BCUT2D eigenvalue weighted by Gasteiger charge is 2.22. The lowest BCUT2D eigenvalue weighted by Gasteiger charge is -2.14. The van der Waals surface area contributed by atoms with Crippen molar-refractivity contribution in [1.29, 1.82) is 0 Å². The molecule has 6 nitrogen and oxygen atoms in total. The Balaban J connectivity index is 1.59. The molecule has 1 N–H and O–H groups in total. The third kappa shape index (κ3) is 5.08. The molecule has 0 radical (unpaired) electrons. The maximum Gasteiger partial charge on any atom is 0.237 e. The van der Waals surface area contributed by atoms with Gasteiger partial charge in [-0.1, -0.05) is 64.1 Å². The van der Waals surface area contributed by atoms with Crippen molar-refractivity contribution in [3.05, 3.63) is 82.7 Å². The van der Waals surface area contributed by atoms with E-state index in [9.17, 15) is 4.79 Å². The number of halogens is 1. The van der Waals surface area contributed by atoms with E-state index in [0.29, 0.717) is 11.7 Å². The lowest BCUT2D eigenvalue weighted by atomic mass is 10.2. The maximum atomic E-state index is 12.8. The largest absolute Gasteiger partial charge is 0.469 e. The molecule has 1 amide bonds. The fraction of sp³-hybridized carbons (Fsp3) is 0.174. The van der Waals surface area contributed by atoms with E-state index in [-0.39, 0.29) is 11.2 Å². The van der Waals surface area contributed by atoms with Crippen molar-refractivity contribution in [2.24, 2.45) is 0 Å². The molecule has 0 aliphatic rings. The molecule has 0 saturated heterocycles. The van der Waals surface area contributed by atoms with Gasteiger partial charge in [0.15, 0.2) is 11.0 Å². The van der Waals surface area contributed by atoms with Crippen LogP contribution in [-0.4, -0.2) is 25.9 Å². The van der Waals surface area contributed by atoms with Gasteiger partial charge in [0.1, 0.15) is 5.76 Å². The SMILES string of the molecule is Cc1occc1-c1nnc(S[C@H](C)C(=O)Nc2cccc(Br)c2)n1Cc1ccccc1. The second kappa shape index (κ2) is 9.53. The van der Waals surface area contributed by atoms with E-state index in [1.165, 1.54) is 11.8 Å². The van der Waals surface area contributed by atoms with E-state index in [0.717, 1.165) is 32.9 Å². The standard InChI is InChI=1S/C23H21BrN4O2S/c1-15-20(11-12-30-15)21-26-27-23(28(21)14-17-7-4-3-5-8-17)31-16(2)22(29)25-19-10-6-9-18(24)13-19/h3-13,16H,14H2,1-2H3,(H,25,29)/t16-/m1/s1. The first-order valence-corrected chi connectivity index (χ1v) is 11.4. The van der Waals surface area contributed by atoms with E-state index in [1.54, 1.807) is 6.26 Å². The van der Waals surface area contributed by atoms with Crippen molar-refractivity contribution in [3.8, 4) is 11.4 Å². The number of nitrogens with one attached hydrogen (secondary N) is 1. The summed E-state index contributed by atoms with van der Waals surface area (Å²) >= 11 is 4.81. The first-order valence-electron chi connectivity index (χ1n) is 9.76. The Morgan fingerprint density at radius 3 is 2.68 bits per heavy atom. The van der Waals surface area contributed by atoms with Crippen LogP contribution in [0.5, 0.6) is 0 Å². The van der Waals surface area contributed by atoms with Crippen molar-refractivity contribution in [3.63, 3.8) is 0 Å². The summed E-state index contributed by atoms with van der Waals surface area (Å²) in [6.07, 6.45) is 1.65. The molecule has 0 aliphatic carbocycles. The number of anilines is 1. The van der Waals surface area contributed by atoms with Crippen molar-refractivity contribution in [2.45, 2.75) is 30.8 Å². The Morgan fingerprint density at radius 2 is 1.97 bits per heavy atom. The Morgan fingerprint density at radius 1 is 1.16 bits per heavy atom. The van der Waals surface area contributed by atoms with Crippen LogP contribution in [0.2, 0.25) is 0 Å². The van der Waals surface area contributed by atoms with Gasteiger partial charge in [0.05, 0.1) is 23.6 Å². The molecule has 2 heterocycles. The van der Waals surface area contributed by atoms with Gasteiger partial charge in [-0.15, -0.1) is 10.2 Å². The minimum Gasteiger partial charge on any atom is -0.469 e. The number of carbonyl (C=O) groups excluding carboxylic acids is 1. The van der Waals surface area contributed by atoms with Crippen LogP contribution in [-0.2, 0) is 11.3 Å². The maximum absolute atomic E-state index is 12.8. The summed E-state index contributed by atoms with van der Waals surface area (Å²) in [6.45, 7) is 4.36. The van der Waals surface area contributed by atoms with Crippen LogP contribution in [0.25, 0.3) is 11.4 Å². The molecule has 31 heavy (non-hydrogen) atoms. The molecule has 0 saturated carbocycles. The minimum absolute atomic E-state index is 0.0987. The van der Waals surface area contributed by atoms with Gasteiger partial charge in [-0.05, 0) is 43.7 Å². The zero-order valence-electron chi connectivity index (χ0n) is 17.1. The van der Waals surface area contributed by atoms with Crippen LogP contribution < -0.4 is 5.32 Å². The average Bonchev–Trinajstić information content (AvgIpc) is 3.34. The second-order valence-corrected chi connectivity index (χ2v) is 9.25. The number of amides is 1. The molecule has 4 aromatic rings. The molecule has 0 unspecified atom stereocenters. The molecule has 0 aliphatic heterocycles. The predicted molar refractivity (Wildman–Crippen MR) is 126 cm³/mol. The summed E-state index contributed by atoms with van der Waals surface area (Å²) in [5, 5.41) is 12.1. The fourth-order valence-electron chi connectivity index (χ4n) is 3.12. The molecule has 0 fully saturated rings. The van der Waals surface area contributed by atoms with Crippen molar-refractivity contribution in [2.75, 3.05) is 5.32 Å². The van der Waals surface area contributed by atoms with Crippen LogP contribution in [0, 0.1) is 6.92 Å². The number of hydrogen-bond donors (Lipinski definition) is 1. The van der Waals surface area contributed by atoms with Gasteiger partial charge in [-0.25, -0.2) is 0 Å². The van der Waals surface area contributed by atoms with Gasteiger partial charge in [0.25, 0.3) is 0 Å². The number of aryl methyl sites for hydroxylation is 1. The molecule has 1 atom stereocenters. The van der Waals surface area contributed by atoms with E-state index in [2.05, 4.69) is 43.6 Å². The van der Waals surface area contributed by atoms with E-state index >= 15 is 0 Å². The number of benzene rings is 2. The average molecular weight is 497 g/mol. The third-order valence-corrected chi connectivity index (χ3v) is 6.32. The lowest BCUT2D eigenvalue weighted by molar-refractivity contribution is -0.115. The van der Waals surface area contributed by atoms with Crippen LogP contribution in [0.3, 0.4) is 0 Å². The Kier molecular flexibility index (Phi) is 6.58. The Labute approximate surface area is 193 Å². The normalized spacial score (nSPS) is 12.0. The first-order chi connectivity index (χ1) is 15.0. The summed E-state index contributed by atoms with van der Waals surface area (Å²) in [5.74, 6) is 1.40. The Hall–Kier alpha value is -2.84. The molecule has 2 aromatic heterocycles. The Bertz CT molecular complexity index is 1190. The highest BCUT2D eigenvalue weighted by atomic mass is 79.9. The summed E-state index contributed by atoms with van der Waals surface area (Å²) in [5.41, 5.74) is 2.76. The van der Waals surface area contributed by atoms with E-state index in [4.69, 9.17) is 4.42 Å². The van der Waals surface area contributed by atoms with Crippen LogP contribution in [0.15, 0.2) is 81.0 Å². The highest BCUT2D eigenvalue weighted by molar-refractivity contribution is 9.10. The number of rotatable bonds is 7. The molecule has 0 bridgehead atoms. The van der Waals surface area contributed by atoms with Gasteiger partial charge in [-0.3, -0.25) is 9.36 Å². The molecule has 8 heteroatoms. The van der Waals surface area contributed by atoms with Crippen molar-refractivity contribution < 1.29 is 9.21 Å². The monoisotopic (exact) mass is 496 g/mol. The smallest absolute Gasteiger partial charge is 0.237 e. The number of aromatic nitrogens is 3. The summed E-state index contributed by atoms with van der Waals surface area (Å²) in [6, 6.07) is 19.5. The minimum atomic E-state index is -0.365. The molecule has 0 spiro atoms. The van der Waals surface area contributed by atoms with Crippen LogP contribution in [0.4, 0.5) is 5.69 Å². The number of thioether (sulfide) groups is 1. The summed E-state index contributed by atoms with van der Waals surface area (Å²) < 4.78 is 8.41. The summed E-state index contributed by atoms with van der Waals surface area (Å²) in [4.78, 5) is 12.8. The zero-order valence-corrected chi connectivity index (χ0v) is 19.5. The topological polar surface area (TPSA) is 72.9 Å². The second-order valence-electron chi connectivity index (χ2n) is 7.03. The quantitative estimate of drug-likeness (QED) is 0.328. The first kappa shape index (κ1) is 21.4. The van der Waals surface area contributed by atoms with Gasteiger partial charge in [0.2, 0.25) is 5.91 Å². The van der Waals surface area contributed by atoms with E-state index < -0.39 is 0 Å². The van der Waals surface area contributed by atoms with E-state index in [1.807, 2.05) is 66.9 Å². The van der Waals surface area contributed by atoms with Crippen molar-refractivity contribution >= 4 is 39.3 Å².